The zero-order chi connectivity index (χ0) is 16.3. The van der Waals surface area contributed by atoms with Crippen LogP contribution in [0.4, 0.5) is 0 Å². The van der Waals surface area contributed by atoms with E-state index in [-0.39, 0.29) is 12.4 Å². The molecule has 0 aliphatic rings. The number of hydrogen-bond acceptors (Lipinski definition) is 1. The lowest BCUT2D eigenvalue weighted by Crippen LogP contribution is -2.28. The zero-order valence-corrected chi connectivity index (χ0v) is 17.7. The van der Waals surface area contributed by atoms with Crippen LogP contribution < -0.4 is 0 Å². The highest BCUT2D eigenvalue weighted by Gasteiger charge is 2.02. The van der Waals surface area contributed by atoms with Crippen molar-refractivity contribution in [1.82, 2.24) is 4.90 Å². The Morgan fingerprint density at radius 1 is 0.522 bits per heavy atom. The molecule has 0 saturated carbocycles. The van der Waals surface area contributed by atoms with E-state index < -0.39 is 0 Å². The predicted octanol–water partition coefficient (Wildman–Crippen LogP) is 7.28. The molecule has 0 N–H and O–H groups in total. The van der Waals surface area contributed by atoms with Gasteiger partial charge in [-0.25, -0.2) is 0 Å². The fourth-order valence-corrected chi connectivity index (χ4v) is 3.41. The average Bonchev–Trinajstić information content (AvgIpc) is 2.52. The van der Waals surface area contributed by atoms with Gasteiger partial charge in [-0.05, 0) is 13.0 Å². The molecule has 1 nitrogen and oxygen atoms in total. The van der Waals surface area contributed by atoms with E-state index in [2.05, 4.69) is 11.8 Å². The van der Waals surface area contributed by atoms with Crippen molar-refractivity contribution in [3.63, 3.8) is 0 Å². The smallest absolute Gasteiger partial charge is 0.0351 e. The first-order chi connectivity index (χ1) is 10.8. The van der Waals surface area contributed by atoms with Crippen molar-refractivity contribution in [3.8, 4) is 0 Å². The second kappa shape index (κ2) is 22.8. The second-order valence-corrected chi connectivity index (χ2v) is 7.22. The van der Waals surface area contributed by atoms with Gasteiger partial charge in [0, 0.05) is 24.8 Å². The number of halogens is 3. The summed E-state index contributed by atoms with van der Waals surface area (Å²) >= 11 is 11.6. The molecule has 0 unspecified atom stereocenters. The topological polar surface area (TPSA) is 3.24 Å². The first-order valence-corrected chi connectivity index (χ1v) is 10.8. The van der Waals surface area contributed by atoms with Gasteiger partial charge in [0.2, 0.25) is 0 Å². The third-order valence-corrected chi connectivity index (χ3v) is 4.72. The lowest BCUT2D eigenvalue weighted by molar-refractivity contribution is 0.298. The first-order valence-electron chi connectivity index (χ1n) is 9.69. The van der Waals surface area contributed by atoms with Crippen LogP contribution in [0.1, 0.15) is 90.4 Å². The van der Waals surface area contributed by atoms with Crippen LogP contribution in [-0.4, -0.2) is 36.3 Å². The Balaban J connectivity index is 0. The summed E-state index contributed by atoms with van der Waals surface area (Å²) in [7, 11) is 0. The van der Waals surface area contributed by atoms with E-state index in [1.807, 2.05) is 0 Å². The molecule has 0 radical (unpaired) electrons. The molecule has 0 aliphatic carbocycles. The third kappa shape index (κ3) is 20.8. The van der Waals surface area contributed by atoms with Crippen LogP contribution in [0.15, 0.2) is 0 Å². The van der Waals surface area contributed by atoms with Gasteiger partial charge in [0.25, 0.3) is 0 Å². The fourth-order valence-electron chi connectivity index (χ4n) is 2.93. The minimum atomic E-state index is 0. The van der Waals surface area contributed by atoms with Crippen LogP contribution in [0.5, 0.6) is 0 Å². The molecule has 0 fully saturated rings. The lowest BCUT2D eigenvalue weighted by Gasteiger charge is -2.19. The summed E-state index contributed by atoms with van der Waals surface area (Å²) in [4.78, 5) is 2.39. The monoisotopic (exact) mass is 387 g/mol. The van der Waals surface area contributed by atoms with Gasteiger partial charge in [-0.15, -0.1) is 35.6 Å². The van der Waals surface area contributed by atoms with Crippen LogP contribution >= 0.6 is 35.6 Å². The van der Waals surface area contributed by atoms with Crippen molar-refractivity contribution in [2.24, 2.45) is 0 Å². The maximum absolute atomic E-state index is 5.81. The van der Waals surface area contributed by atoms with Crippen LogP contribution in [0.2, 0.25) is 0 Å². The SMILES string of the molecule is CCCCCCCCCCCCCCCN(CCCl)CCCl.Cl. The molecule has 0 saturated heterocycles. The molecule has 0 aromatic rings. The molecule has 0 atom stereocenters. The molecule has 4 heteroatoms. The molecule has 142 valence electrons. The molecule has 0 bridgehead atoms. The van der Waals surface area contributed by atoms with Crippen molar-refractivity contribution in [2.75, 3.05) is 31.4 Å². The Bertz CT molecular complexity index is 197. The molecule has 0 aromatic carbocycles. The van der Waals surface area contributed by atoms with E-state index in [0.717, 1.165) is 31.4 Å². The lowest BCUT2D eigenvalue weighted by atomic mass is 10.0. The molecule has 0 rings (SSSR count). The largest absolute Gasteiger partial charge is 0.301 e. The maximum Gasteiger partial charge on any atom is 0.0351 e. The average molecular weight is 389 g/mol. The quantitative estimate of drug-likeness (QED) is 0.176. The Hall–Kier alpha value is 0.830. The molecular weight excluding hydrogens is 349 g/mol. The van der Waals surface area contributed by atoms with Gasteiger partial charge in [0.15, 0.2) is 0 Å². The van der Waals surface area contributed by atoms with Gasteiger partial charge in [-0.3, -0.25) is 0 Å². The minimum Gasteiger partial charge on any atom is -0.301 e. The van der Waals surface area contributed by atoms with Crippen LogP contribution in [0, 0.1) is 0 Å². The normalized spacial score (nSPS) is 11.0. The van der Waals surface area contributed by atoms with Gasteiger partial charge in [0.1, 0.15) is 0 Å². The van der Waals surface area contributed by atoms with Crippen molar-refractivity contribution < 1.29 is 0 Å². The summed E-state index contributed by atoms with van der Waals surface area (Å²) in [5.74, 6) is 1.44. The summed E-state index contributed by atoms with van der Waals surface area (Å²) in [5.41, 5.74) is 0. The van der Waals surface area contributed by atoms with E-state index in [0.29, 0.717) is 0 Å². The van der Waals surface area contributed by atoms with Crippen LogP contribution in [0.25, 0.3) is 0 Å². The molecule has 23 heavy (non-hydrogen) atoms. The standard InChI is InChI=1S/C19H39Cl2N.ClH/c1-2-3-4-5-6-7-8-9-10-11-12-13-14-17-22(18-15-20)19-16-21;/h2-19H2,1H3;1H. The Labute approximate surface area is 162 Å². The number of rotatable bonds is 18. The van der Waals surface area contributed by atoms with Gasteiger partial charge in [-0.1, -0.05) is 84.0 Å². The number of hydrogen-bond donors (Lipinski definition) is 0. The van der Waals surface area contributed by atoms with Crippen LogP contribution in [-0.2, 0) is 0 Å². The van der Waals surface area contributed by atoms with E-state index in [1.165, 1.54) is 83.5 Å². The van der Waals surface area contributed by atoms with Gasteiger partial charge < -0.3 is 4.90 Å². The van der Waals surface area contributed by atoms with Gasteiger partial charge >= 0.3 is 0 Å². The Morgan fingerprint density at radius 3 is 1.22 bits per heavy atom. The fraction of sp³-hybridized carbons (Fsp3) is 1.00. The van der Waals surface area contributed by atoms with E-state index in [4.69, 9.17) is 23.2 Å². The van der Waals surface area contributed by atoms with Crippen LogP contribution in [0.3, 0.4) is 0 Å². The van der Waals surface area contributed by atoms with E-state index >= 15 is 0 Å². The summed E-state index contributed by atoms with van der Waals surface area (Å²) in [6, 6.07) is 0. The van der Waals surface area contributed by atoms with E-state index in [1.54, 1.807) is 0 Å². The molecule has 0 spiro atoms. The highest BCUT2D eigenvalue weighted by Crippen LogP contribution is 2.12. The van der Waals surface area contributed by atoms with Crippen molar-refractivity contribution in [2.45, 2.75) is 90.4 Å². The van der Waals surface area contributed by atoms with Crippen molar-refractivity contribution >= 4 is 35.6 Å². The first kappa shape index (κ1) is 26.1. The molecule has 0 heterocycles. The molecule has 0 amide bonds. The highest BCUT2D eigenvalue weighted by atomic mass is 35.5. The summed E-state index contributed by atoms with van der Waals surface area (Å²) in [5, 5.41) is 0. The number of nitrogens with zero attached hydrogens (tertiary/aromatic N) is 1. The van der Waals surface area contributed by atoms with Gasteiger partial charge in [0.05, 0.1) is 0 Å². The van der Waals surface area contributed by atoms with E-state index in [9.17, 15) is 0 Å². The highest BCUT2D eigenvalue weighted by molar-refractivity contribution is 6.18. The molecule has 0 aliphatic heterocycles. The van der Waals surface area contributed by atoms with Gasteiger partial charge in [-0.2, -0.15) is 0 Å². The summed E-state index contributed by atoms with van der Waals surface area (Å²) < 4.78 is 0. The maximum atomic E-state index is 5.81. The third-order valence-electron chi connectivity index (χ3n) is 4.38. The Kier molecular flexibility index (Phi) is 25.9. The number of alkyl halides is 2. The summed E-state index contributed by atoms with van der Waals surface area (Å²) in [6.45, 7) is 5.41. The number of unbranched alkanes of at least 4 members (excludes halogenated alkanes) is 12. The summed E-state index contributed by atoms with van der Waals surface area (Å²) in [6.07, 6.45) is 18.4. The zero-order valence-electron chi connectivity index (χ0n) is 15.3. The predicted molar refractivity (Wildman–Crippen MR) is 111 cm³/mol. The van der Waals surface area contributed by atoms with Crippen molar-refractivity contribution in [1.29, 1.82) is 0 Å². The Morgan fingerprint density at radius 2 is 0.870 bits per heavy atom. The van der Waals surface area contributed by atoms with Crippen molar-refractivity contribution in [3.05, 3.63) is 0 Å². The molecular formula is C19H40Cl3N. The minimum absolute atomic E-state index is 0. The molecule has 0 aromatic heterocycles. The second-order valence-electron chi connectivity index (χ2n) is 6.46.